The molecule has 0 bridgehead atoms. The van der Waals surface area contributed by atoms with Crippen LogP contribution in [0.5, 0.6) is 0 Å². The fraction of sp³-hybridized carbons (Fsp3) is 0.304. The van der Waals surface area contributed by atoms with Gasteiger partial charge in [-0.05, 0) is 42.7 Å². The molecule has 0 amide bonds. The molecule has 1 aromatic heterocycles. The van der Waals surface area contributed by atoms with Crippen LogP contribution in [0.3, 0.4) is 0 Å². The molecule has 0 aliphatic heterocycles. The fourth-order valence-corrected chi connectivity index (χ4v) is 3.27. The number of hydrogen-bond donors (Lipinski definition) is 0. The minimum absolute atomic E-state index is 0.0858. The SMILES string of the molecule is CCCCCCCc1cc(F)c(-c2cnc(-c3cc(F)c(F)c(F)c3)nc2)c(F)c1. The van der Waals surface area contributed by atoms with Gasteiger partial charge >= 0.3 is 0 Å². The molecule has 0 atom stereocenters. The number of rotatable bonds is 8. The third kappa shape index (κ3) is 5.01. The molecule has 30 heavy (non-hydrogen) atoms. The van der Waals surface area contributed by atoms with Crippen molar-refractivity contribution in [1.29, 1.82) is 0 Å². The molecule has 7 heteroatoms. The van der Waals surface area contributed by atoms with Gasteiger partial charge in [0, 0.05) is 23.5 Å². The first kappa shape index (κ1) is 21.9. The maximum Gasteiger partial charge on any atom is 0.194 e. The minimum Gasteiger partial charge on any atom is -0.236 e. The van der Waals surface area contributed by atoms with Gasteiger partial charge < -0.3 is 0 Å². The molecule has 0 aliphatic rings. The first-order chi connectivity index (χ1) is 14.4. The molecule has 0 saturated heterocycles. The number of halogens is 5. The largest absolute Gasteiger partial charge is 0.236 e. The normalized spacial score (nSPS) is 11.1. The third-order valence-electron chi connectivity index (χ3n) is 4.85. The van der Waals surface area contributed by atoms with Crippen molar-refractivity contribution in [3.63, 3.8) is 0 Å². The van der Waals surface area contributed by atoms with Gasteiger partial charge in [-0.2, -0.15) is 0 Å². The second-order valence-electron chi connectivity index (χ2n) is 7.15. The molecule has 2 aromatic carbocycles. The Morgan fingerprint density at radius 1 is 0.667 bits per heavy atom. The van der Waals surface area contributed by atoms with E-state index in [1.807, 2.05) is 0 Å². The molecule has 0 spiro atoms. The van der Waals surface area contributed by atoms with Crippen molar-refractivity contribution in [1.82, 2.24) is 9.97 Å². The van der Waals surface area contributed by atoms with E-state index in [-0.39, 0.29) is 22.5 Å². The molecule has 0 N–H and O–H groups in total. The Kier molecular flexibility index (Phi) is 7.13. The zero-order valence-corrected chi connectivity index (χ0v) is 16.5. The number of nitrogens with zero attached hydrogens (tertiary/aromatic N) is 2. The van der Waals surface area contributed by atoms with Gasteiger partial charge in [-0.1, -0.05) is 32.6 Å². The van der Waals surface area contributed by atoms with E-state index >= 15 is 0 Å². The molecule has 1 heterocycles. The van der Waals surface area contributed by atoms with Crippen molar-refractivity contribution in [3.8, 4) is 22.5 Å². The van der Waals surface area contributed by atoms with Crippen molar-refractivity contribution in [3.05, 3.63) is 71.3 Å². The molecular formula is C23H21F5N2. The van der Waals surface area contributed by atoms with E-state index in [2.05, 4.69) is 16.9 Å². The highest BCUT2D eigenvalue weighted by Crippen LogP contribution is 2.28. The molecule has 0 saturated carbocycles. The lowest BCUT2D eigenvalue weighted by atomic mass is 10.0. The minimum atomic E-state index is -1.59. The van der Waals surface area contributed by atoms with Crippen LogP contribution in [0.15, 0.2) is 36.7 Å². The topological polar surface area (TPSA) is 25.8 Å². The summed E-state index contributed by atoms with van der Waals surface area (Å²) in [5.41, 5.74) is 0.316. The van der Waals surface area contributed by atoms with Crippen LogP contribution in [-0.2, 0) is 6.42 Å². The smallest absolute Gasteiger partial charge is 0.194 e. The predicted octanol–water partition coefficient (Wildman–Crippen LogP) is 7.02. The van der Waals surface area contributed by atoms with Crippen molar-refractivity contribution in [2.75, 3.05) is 0 Å². The first-order valence-electron chi connectivity index (χ1n) is 9.86. The quantitative estimate of drug-likeness (QED) is 0.222. The molecule has 0 aliphatic carbocycles. The molecule has 0 radical (unpaired) electrons. The van der Waals surface area contributed by atoms with E-state index in [1.165, 1.54) is 12.1 Å². The van der Waals surface area contributed by atoms with Crippen molar-refractivity contribution >= 4 is 0 Å². The molecule has 0 fully saturated rings. The monoisotopic (exact) mass is 420 g/mol. The van der Waals surface area contributed by atoms with Crippen LogP contribution in [0.2, 0.25) is 0 Å². The van der Waals surface area contributed by atoms with Gasteiger partial charge in [0.1, 0.15) is 11.6 Å². The van der Waals surface area contributed by atoms with Gasteiger partial charge in [0.15, 0.2) is 23.3 Å². The Labute approximate surface area is 171 Å². The van der Waals surface area contributed by atoms with Crippen molar-refractivity contribution < 1.29 is 22.0 Å². The summed E-state index contributed by atoms with van der Waals surface area (Å²) in [5, 5.41) is 0. The maximum atomic E-state index is 14.6. The second kappa shape index (κ2) is 9.78. The van der Waals surface area contributed by atoms with Gasteiger partial charge in [0.25, 0.3) is 0 Å². The van der Waals surface area contributed by atoms with Crippen LogP contribution in [0.4, 0.5) is 22.0 Å². The van der Waals surface area contributed by atoms with E-state index in [0.717, 1.165) is 56.6 Å². The molecule has 0 unspecified atom stereocenters. The summed E-state index contributed by atoms with van der Waals surface area (Å²) < 4.78 is 69.0. The van der Waals surface area contributed by atoms with Gasteiger partial charge in [-0.15, -0.1) is 0 Å². The summed E-state index contributed by atoms with van der Waals surface area (Å²) in [6.07, 6.45) is 8.17. The summed E-state index contributed by atoms with van der Waals surface area (Å²) in [6, 6.07) is 4.11. The zero-order chi connectivity index (χ0) is 21.7. The Hall–Kier alpha value is -2.83. The summed E-state index contributed by atoms with van der Waals surface area (Å²) in [5.74, 6) is -5.89. The maximum absolute atomic E-state index is 14.6. The van der Waals surface area contributed by atoms with Crippen LogP contribution < -0.4 is 0 Å². The van der Waals surface area contributed by atoms with Crippen LogP contribution in [0, 0.1) is 29.1 Å². The lowest BCUT2D eigenvalue weighted by Crippen LogP contribution is -1.98. The molecule has 2 nitrogen and oxygen atoms in total. The fourth-order valence-electron chi connectivity index (χ4n) is 3.27. The Morgan fingerprint density at radius 3 is 1.80 bits per heavy atom. The average molecular weight is 420 g/mol. The van der Waals surface area contributed by atoms with Crippen molar-refractivity contribution in [2.45, 2.75) is 45.4 Å². The van der Waals surface area contributed by atoms with Crippen LogP contribution >= 0.6 is 0 Å². The summed E-state index contributed by atoms with van der Waals surface area (Å²) in [6.45, 7) is 2.12. The van der Waals surface area contributed by atoms with E-state index in [0.29, 0.717) is 12.0 Å². The highest BCUT2D eigenvalue weighted by molar-refractivity contribution is 5.65. The van der Waals surface area contributed by atoms with Gasteiger partial charge in [-0.3, -0.25) is 0 Å². The van der Waals surface area contributed by atoms with E-state index in [4.69, 9.17) is 0 Å². The second-order valence-corrected chi connectivity index (χ2v) is 7.15. The Morgan fingerprint density at radius 2 is 1.23 bits per heavy atom. The summed E-state index contributed by atoms with van der Waals surface area (Å²) in [7, 11) is 0. The standard InChI is InChI=1S/C23H21F5N2/c1-2-3-4-5-6-7-14-8-17(24)21(18(25)9-14)16-12-29-23(30-13-16)15-10-19(26)22(28)20(27)11-15/h8-13H,2-7H2,1H3. The molecule has 3 rings (SSSR count). The van der Waals surface area contributed by atoms with Crippen LogP contribution in [0.25, 0.3) is 22.5 Å². The number of hydrogen-bond acceptors (Lipinski definition) is 2. The van der Waals surface area contributed by atoms with E-state index < -0.39 is 29.1 Å². The molecule has 158 valence electrons. The molecular weight excluding hydrogens is 399 g/mol. The zero-order valence-electron chi connectivity index (χ0n) is 16.5. The van der Waals surface area contributed by atoms with Gasteiger partial charge in [0.2, 0.25) is 0 Å². The average Bonchev–Trinajstić information content (AvgIpc) is 2.71. The summed E-state index contributed by atoms with van der Waals surface area (Å²) >= 11 is 0. The number of unbranched alkanes of at least 4 members (excludes halogenated alkanes) is 4. The highest BCUT2D eigenvalue weighted by atomic mass is 19.2. The Bertz CT molecular complexity index is 973. The lowest BCUT2D eigenvalue weighted by Gasteiger charge is -2.09. The first-order valence-corrected chi connectivity index (χ1v) is 9.86. The van der Waals surface area contributed by atoms with Gasteiger partial charge in [0.05, 0.1) is 5.56 Å². The number of aryl methyl sites for hydroxylation is 1. The summed E-state index contributed by atoms with van der Waals surface area (Å²) in [4.78, 5) is 7.84. The Balaban J connectivity index is 1.79. The highest BCUT2D eigenvalue weighted by Gasteiger charge is 2.16. The van der Waals surface area contributed by atoms with E-state index in [9.17, 15) is 22.0 Å². The van der Waals surface area contributed by atoms with E-state index in [1.54, 1.807) is 0 Å². The van der Waals surface area contributed by atoms with Crippen LogP contribution in [0.1, 0.15) is 44.6 Å². The van der Waals surface area contributed by atoms with Gasteiger partial charge in [-0.25, -0.2) is 31.9 Å². The van der Waals surface area contributed by atoms with Crippen LogP contribution in [-0.4, -0.2) is 9.97 Å². The number of benzene rings is 2. The third-order valence-corrected chi connectivity index (χ3v) is 4.85. The lowest BCUT2D eigenvalue weighted by molar-refractivity contribution is 0.447. The van der Waals surface area contributed by atoms with Crippen molar-refractivity contribution in [2.24, 2.45) is 0 Å². The number of aromatic nitrogens is 2. The predicted molar refractivity (Wildman–Crippen MR) is 105 cm³/mol. The molecule has 3 aromatic rings.